The average Bonchev–Trinajstić information content (AvgIpc) is 3.49. The van der Waals surface area contributed by atoms with Gasteiger partial charge in [0.1, 0.15) is 18.3 Å². The summed E-state index contributed by atoms with van der Waals surface area (Å²) in [6, 6.07) is 19.4. The van der Waals surface area contributed by atoms with Gasteiger partial charge in [0, 0.05) is 17.6 Å². The van der Waals surface area contributed by atoms with Crippen LogP contribution in [0.4, 0.5) is 5.69 Å². The quantitative estimate of drug-likeness (QED) is 0.283. The first kappa shape index (κ1) is 31.4. The summed E-state index contributed by atoms with van der Waals surface area (Å²) in [5, 5.41) is 3.53. The molecule has 1 aliphatic carbocycles. The highest BCUT2D eigenvalue weighted by molar-refractivity contribution is 7.92. The number of sulfonamides is 1. The van der Waals surface area contributed by atoms with Crippen molar-refractivity contribution < 1.29 is 22.7 Å². The zero-order valence-electron chi connectivity index (χ0n) is 24.3. The number of amides is 2. The number of carbonyl (C=O) groups is 2. The molecule has 3 aromatic carbocycles. The van der Waals surface area contributed by atoms with Crippen LogP contribution in [-0.2, 0) is 26.2 Å². The second-order valence-corrected chi connectivity index (χ2v) is 12.8. The zero-order chi connectivity index (χ0) is 30.3. The number of benzene rings is 3. The van der Waals surface area contributed by atoms with E-state index in [2.05, 4.69) is 5.32 Å². The lowest BCUT2D eigenvalue weighted by molar-refractivity contribution is -0.140. The summed E-state index contributed by atoms with van der Waals surface area (Å²) in [7, 11) is -2.61. The third kappa shape index (κ3) is 7.44. The van der Waals surface area contributed by atoms with Crippen molar-refractivity contribution in [2.75, 3.05) is 18.0 Å². The Balaban J connectivity index is 1.73. The molecule has 1 aliphatic rings. The van der Waals surface area contributed by atoms with Crippen molar-refractivity contribution >= 4 is 39.1 Å². The van der Waals surface area contributed by atoms with E-state index in [-0.39, 0.29) is 23.4 Å². The summed E-state index contributed by atoms with van der Waals surface area (Å²) in [5.41, 5.74) is 1.83. The smallest absolute Gasteiger partial charge is 0.264 e. The van der Waals surface area contributed by atoms with E-state index in [0.717, 1.165) is 35.6 Å². The number of hydrogen-bond acceptors (Lipinski definition) is 5. The van der Waals surface area contributed by atoms with Crippen LogP contribution < -0.4 is 14.4 Å². The van der Waals surface area contributed by atoms with Crippen molar-refractivity contribution in [3.05, 3.63) is 88.9 Å². The van der Waals surface area contributed by atoms with Gasteiger partial charge in [-0.25, -0.2) is 8.42 Å². The van der Waals surface area contributed by atoms with E-state index < -0.39 is 28.5 Å². The highest BCUT2D eigenvalue weighted by atomic mass is 35.5. The Labute approximate surface area is 253 Å². The third-order valence-corrected chi connectivity index (χ3v) is 9.67. The fourth-order valence-corrected chi connectivity index (χ4v) is 6.95. The van der Waals surface area contributed by atoms with Gasteiger partial charge in [0.2, 0.25) is 11.8 Å². The van der Waals surface area contributed by atoms with E-state index in [1.807, 2.05) is 31.2 Å². The number of carbonyl (C=O) groups excluding carboxylic acids is 2. The number of nitrogens with one attached hydrogen (secondary N) is 1. The van der Waals surface area contributed by atoms with E-state index in [1.54, 1.807) is 38.3 Å². The Bertz CT molecular complexity index is 1490. The zero-order valence-corrected chi connectivity index (χ0v) is 25.8. The lowest BCUT2D eigenvalue weighted by atomic mass is 10.1. The van der Waals surface area contributed by atoms with Crippen LogP contribution in [0.25, 0.3) is 0 Å². The number of methoxy groups -OCH3 is 1. The van der Waals surface area contributed by atoms with Gasteiger partial charge in [0.25, 0.3) is 10.0 Å². The second kappa shape index (κ2) is 14.1. The predicted octanol–water partition coefficient (Wildman–Crippen LogP) is 5.72. The standard InChI is InChI=1S/C32H38ClN3O5S/c1-4-29(32(38)34-26-12-6-7-13-26)35(21-24-11-9-14-27(20-24)41-3)31(37)22-36(30-15-8-5-10-23(30)2)42(39,40)28-18-16-25(33)17-19-28/h5,8-11,14-20,26,29H,4,6-7,12-13,21-22H2,1-3H3,(H,34,38). The molecule has 2 amide bonds. The molecule has 1 unspecified atom stereocenters. The highest BCUT2D eigenvalue weighted by Gasteiger charge is 2.35. The molecule has 0 spiro atoms. The first-order valence-electron chi connectivity index (χ1n) is 14.2. The molecule has 0 saturated heterocycles. The highest BCUT2D eigenvalue weighted by Crippen LogP contribution is 2.28. The van der Waals surface area contributed by atoms with Crippen molar-refractivity contribution in [2.45, 2.75) is 69.5 Å². The summed E-state index contributed by atoms with van der Waals surface area (Å²) in [4.78, 5) is 29.3. The van der Waals surface area contributed by atoms with E-state index in [0.29, 0.717) is 28.4 Å². The van der Waals surface area contributed by atoms with E-state index in [1.165, 1.54) is 29.2 Å². The number of para-hydroxylation sites is 1. The maximum Gasteiger partial charge on any atom is 0.264 e. The molecule has 224 valence electrons. The molecule has 1 N–H and O–H groups in total. The van der Waals surface area contributed by atoms with Crippen molar-refractivity contribution in [3.63, 3.8) is 0 Å². The number of aryl methyl sites for hydroxylation is 1. The van der Waals surface area contributed by atoms with Crippen LogP contribution in [0.2, 0.25) is 5.02 Å². The molecule has 1 fully saturated rings. The van der Waals surface area contributed by atoms with Gasteiger partial charge in [-0.05, 0) is 79.8 Å². The Morgan fingerprint density at radius 1 is 1.02 bits per heavy atom. The number of hydrogen-bond donors (Lipinski definition) is 1. The lowest BCUT2D eigenvalue weighted by Gasteiger charge is -2.34. The van der Waals surface area contributed by atoms with Crippen LogP contribution in [0.15, 0.2) is 77.7 Å². The largest absolute Gasteiger partial charge is 0.497 e. The third-order valence-electron chi connectivity index (χ3n) is 7.64. The number of anilines is 1. The number of halogens is 1. The van der Waals surface area contributed by atoms with Crippen LogP contribution in [0.3, 0.4) is 0 Å². The fourth-order valence-electron chi connectivity index (χ4n) is 5.34. The van der Waals surface area contributed by atoms with Gasteiger partial charge in [-0.1, -0.05) is 61.7 Å². The maximum atomic E-state index is 14.3. The van der Waals surface area contributed by atoms with Gasteiger partial charge in [-0.3, -0.25) is 13.9 Å². The fraction of sp³-hybridized carbons (Fsp3) is 0.375. The monoisotopic (exact) mass is 611 g/mol. The SMILES string of the molecule is CCC(C(=O)NC1CCCC1)N(Cc1cccc(OC)c1)C(=O)CN(c1ccccc1C)S(=O)(=O)c1ccc(Cl)cc1. The van der Waals surface area contributed by atoms with Gasteiger partial charge in [-0.2, -0.15) is 0 Å². The van der Waals surface area contributed by atoms with Gasteiger partial charge >= 0.3 is 0 Å². The molecule has 0 bridgehead atoms. The summed E-state index contributed by atoms with van der Waals surface area (Å²) >= 11 is 6.03. The normalized spacial score (nSPS) is 14.3. The van der Waals surface area contributed by atoms with Crippen molar-refractivity contribution in [3.8, 4) is 5.75 Å². The molecule has 0 heterocycles. The van der Waals surface area contributed by atoms with E-state index in [4.69, 9.17) is 16.3 Å². The average molecular weight is 612 g/mol. The summed E-state index contributed by atoms with van der Waals surface area (Å²) in [5.74, 6) is -0.106. The van der Waals surface area contributed by atoms with Crippen LogP contribution in [0.1, 0.15) is 50.2 Å². The Hall–Kier alpha value is -3.56. The minimum atomic E-state index is -4.17. The molecule has 4 rings (SSSR count). The molecular formula is C32H38ClN3O5S. The van der Waals surface area contributed by atoms with Crippen LogP contribution in [-0.4, -0.2) is 50.9 Å². The Kier molecular flexibility index (Phi) is 10.5. The predicted molar refractivity (Wildman–Crippen MR) is 165 cm³/mol. The first-order chi connectivity index (χ1) is 20.1. The molecule has 0 radical (unpaired) electrons. The molecule has 1 atom stereocenters. The van der Waals surface area contributed by atoms with Crippen molar-refractivity contribution in [2.24, 2.45) is 0 Å². The minimum Gasteiger partial charge on any atom is -0.497 e. The summed E-state index contributed by atoms with van der Waals surface area (Å²) in [6.07, 6.45) is 4.30. The molecule has 42 heavy (non-hydrogen) atoms. The van der Waals surface area contributed by atoms with Crippen molar-refractivity contribution in [1.82, 2.24) is 10.2 Å². The Morgan fingerprint density at radius 3 is 2.36 bits per heavy atom. The van der Waals surface area contributed by atoms with E-state index in [9.17, 15) is 18.0 Å². The summed E-state index contributed by atoms with van der Waals surface area (Å²) in [6.45, 7) is 3.26. The van der Waals surface area contributed by atoms with Gasteiger partial charge in [-0.15, -0.1) is 0 Å². The number of ether oxygens (including phenoxy) is 1. The first-order valence-corrected chi connectivity index (χ1v) is 16.0. The molecule has 0 aliphatic heterocycles. The molecule has 0 aromatic heterocycles. The second-order valence-electron chi connectivity index (χ2n) is 10.5. The van der Waals surface area contributed by atoms with Crippen LogP contribution in [0.5, 0.6) is 5.75 Å². The minimum absolute atomic E-state index is 0.00770. The number of rotatable bonds is 12. The maximum absolute atomic E-state index is 14.3. The van der Waals surface area contributed by atoms with Gasteiger partial charge < -0.3 is 15.0 Å². The van der Waals surface area contributed by atoms with Gasteiger partial charge in [0.05, 0.1) is 17.7 Å². The Morgan fingerprint density at radius 2 is 1.71 bits per heavy atom. The summed E-state index contributed by atoms with van der Waals surface area (Å²) < 4.78 is 34.5. The van der Waals surface area contributed by atoms with E-state index >= 15 is 0 Å². The van der Waals surface area contributed by atoms with Crippen LogP contribution in [0, 0.1) is 6.92 Å². The van der Waals surface area contributed by atoms with Crippen LogP contribution >= 0.6 is 11.6 Å². The van der Waals surface area contributed by atoms with Crippen molar-refractivity contribution in [1.29, 1.82) is 0 Å². The topological polar surface area (TPSA) is 96.0 Å². The molecule has 8 nitrogen and oxygen atoms in total. The van der Waals surface area contributed by atoms with Gasteiger partial charge in [0.15, 0.2) is 0 Å². The molecule has 1 saturated carbocycles. The molecule has 3 aromatic rings. The lowest BCUT2D eigenvalue weighted by Crippen LogP contribution is -2.53. The molecular weight excluding hydrogens is 574 g/mol. The molecule has 10 heteroatoms. The number of nitrogens with zero attached hydrogens (tertiary/aromatic N) is 2.